The topological polar surface area (TPSA) is 568 Å². The number of amides is 13. The van der Waals surface area contributed by atoms with E-state index >= 15 is 4.79 Å². The van der Waals surface area contributed by atoms with Crippen LogP contribution in [0.1, 0.15) is 121 Å². The van der Waals surface area contributed by atoms with E-state index in [1.54, 1.807) is 91.0 Å². The van der Waals surface area contributed by atoms with Crippen molar-refractivity contribution in [3.05, 3.63) is 132 Å². The summed E-state index contributed by atoms with van der Waals surface area (Å²) >= 11 is 0. The van der Waals surface area contributed by atoms with Crippen molar-refractivity contribution in [2.24, 2.45) is 40.3 Å². The molecule has 0 bridgehead atoms. The monoisotopic (exact) mass is 1510 g/mol. The van der Waals surface area contributed by atoms with E-state index in [1.807, 2.05) is 38.1 Å². The third kappa shape index (κ3) is 30.3. The first-order valence-corrected chi connectivity index (χ1v) is 36.6. The summed E-state index contributed by atoms with van der Waals surface area (Å²) in [7, 11) is 0. The highest BCUT2D eigenvalue weighted by Gasteiger charge is 2.37. The van der Waals surface area contributed by atoms with Gasteiger partial charge in [0.15, 0.2) is 0 Å². The summed E-state index contributed by atoms with van der Waals surface area (Å²) in [6, 6.07) is 17.1. The molecule has 0 saturated carbocycles. The van der Waals surface area contributed by atoms with Crippen LogP contribution in [0.25, 0.3) is 21.5 Å². The second-order valence-electron chi connectivity index (χ2n) is 27.2. The molecule has 5 aromatic carbocycles. The highest BCUT2D eigenvalue weighted by Crippen LogP contribution is 2.23. The summed E-state index contributed by atoms with van der Waals surface area (Å²) in [5.41, 5.74) is 36.4. The normalized spacial score (nSPS) is 14.2. The van der Waals surface area contributed by atoms with Gasteiger partial charge < -0.3 is 103 Å². The molecule has 0 saturated heterocycles. The number of nitrogens with one attached hydrogen (secondary N) is 11. The van der Waals surface area contributed by atoms with Crippen LogP contribution in [0.5, 0.6) is 0 Å². The summed E-state index contributed by atoms with van der Waals surface area (Å²) in [6.07, 6.45) is 0.435. The highest BCUT2D eigenvalue weighted by molar-refractivity contribution is 6.01. The number of carbonyl (C=O) groups is 14. The number of rotatable bonds is 49. The number of carboxylic acid groups (broad SMARTS) is 1. The summed E-state index contributed by atoms with van der Waals surface area (Å²) in [6.45, 7) is 4.03. The maximum atomic E-state index is 15.0. The maximum absolute atomic E-state index is 15.0. The first-order chi connectivity index (χ1) is 52.0. The lowest BCUT2D eigenvalue weighted by Crippen LogP contribution is -2.61. The number of aliphatic hydroxyl groups is 1. The van der Waals surface area contributed by atoms with Crippen molar-refractivity contribution in [3.63, 3.8) is 0 Å². The van der Waals surface area contributed by atoms with Gasteiger partial charge in [0.25, 0.3) is 0 Å². The molecular weight excluding hydrogens is 1410 g/mol. The minimum Gasteiger partial charge on any atom is -0.480 e. The number of benzene rings is 5. The maximum Gasteiger partial charge on any atom is 0.328 e. The second-order valence-corrected chi connectivity index (χ2v) is 27.2. The molecule has 592 valence electrons. The zero-order valence-corrected chi connectivity index (χ0v) is 61.8. The van der Waals surface area contributed by atoms with Gasteiger partial charge in [-0.05, 0) is 135 Å². The molecule has 11 atom stereocenters. The van der Waals surface area contributed by atoms with Crippen LogP contribution in [0.15, 0.2) is 115 Å². The van der Waals surface area contributed by atoms with E-state index in [-0.39, 0.29) is 64.0 Å². The van der Waals surface area contributed by atoms with Crippen LogP contribution >= 0.6 is 0 Å². The molecule has 25 N–H and O–H groups in total. The minimum atomic E-state index is -1.82. The number of primary amides is 2. The molecule has 0 spiro atoms. The molecule has 109 heavy (non-hydrogen) atoms. The molecule has 0 aliphatic rings. The molecule has 0 aromatic heterocycles. The molecule has 0 radical (unpaired) electrons. The van der Waals surface area contributed by atoms with Gasteiger partial charge in [-0.1, -0.05) is 136 Å². The van der Waals surface area contributed by atoms with Gasteiger partial charge in [0.05, 0.1) is 25.6 Å². The van der Waals surface area contributed by atoms with Gasteiger partial charge in [0, 0.05) is 25.7 Å². The third-order valence-corrected chi connectivity index (χ3v) is 17.9. The lowest BCUT2D eigenvalue weighted by molar-refractivity contribution is -0.143. The van der Waals surface area contributed by atoms with Gasteiger partial charge in [-0.2, -0.15) is 0 Å². The van der Waals surface area contributed by atoms with Crippen LogP contribution in [0.4, 0.5) is 0 Å². The molecule has 13 amide bonds. The molecule has 0 aliphatic heterocycles. The fourth-order valence-corrected chi connectivity index (χ4v) is 12.0. The summed E-state index contributed by atoms with van der Waals surface area (Å²) in [4.78, 5) is 194. The van der Waals surface area contributed by atoms with E-state index in [4.69, 9.17) is 34.4 Å². The summed E-state index contributed by atoms with van der Waals surface area (Å²) in [5, 5.41) is 49.8. The van der Waals surface area contributed by atoms with E-state index in [2.05, 4.69) is 58.5 Å². The molecular formula is C76H107N17O16. The zero-order chi connectivity index (χ0) is 80.1. The summed E-state index contributed by atoms with van der Waals surface area (Å²) < 4.78 is 0. The van der Waals surface area contributed by atoms with Gasteiger partial charge >= 0.3 is 5.97 Å². The minimum absolute atomic E-state index is 0.00323. The molecule has 0 heterocycles. The Labute approximate surface area is 632 Å². The van der Waals surface area contributed by atoms with Crippen molar-refractivity contribution in [3.8, 4) is 0 Å². The van der Waals surface area contributed by atoms with E-state index in [9.17, 15) is 72.5 Å². The van der Waals surface area contributed by atoms with Crippen LogP contribution in [0.2, 0.25) is 0 Å². The standard InChI is InChI=1S/C76H107N17O16/c1-44(2)37-57(89-67(99)53(80)29-11-14-34-77)71(103)90-58(38-46-19-5-4-6-20-46)72(104)93-61(41-64(82)96)75(107)92-60(40-50-26-18-24-48-22-8-10-28-52(48)50)74(106)88-56(32-33-63(81)95)69(101)84-45(3)66(98)86-55(31-13-16-36-79)70(102)91-59(39-49-25-17-23-47-21-7-9-27-51(47)49)73(105)87-54(30-12-15-35-78)68(100)83-42-65(97)85-62(43-94)76(108)109/h4-10,17-28,44-45,53-62,94H,11-16,29-43,77-80H2,1-3H3,(H2,81,95)(H2,82,96)(H,83,100)(H,84,101)(H,85,97)(H,86,98)(H,87,105)(H,88,106)(H,89,99)(H,90,103)(H,91,102)(H,92,107)(H,93,104)(H,108,109)/t45-,53-,54-,55-,56-,57-,58-,59-,60-,61-,62-/m0/s1. The third-order valence-electron chi connectivity index (χ3n) is 17.9. The highest BCUT2D eigenvalue weighted by atomic mass is 16.4. The molecule has 5 aromatic rings. The van der Waals surface area contributed by atoms with Crippen molar-refractivity contribution < 1.29 is 77.3 Å². The Kier molecular flexibility index (Phi) is 37.6. The van der Waals surface area contributed by atoms with E-state index < -0.39 is 182 Å². The van der Waals surface area contributed by atoms with Gasteiger partial charge in [-0.25, -0.2) is 4.79 Å². The van der Waals surface area contributed by atoms with Crippen molar-refractivity contribution in [2.75, 3.05) is 32.8 Å². The number of nitrogens with two attached hydrogens (primary N) is 6. The molecule has 33 nitrogen and oxygen atoms in total. The average molecular weight is 1510 g/mol. The van der Waals surface area contributed by atoms with Crippen LogP contribution in [-0.4, -0.2) is 192 Å². The molecule has 5 rings (SSSR count). The largest absolute Gasteiger partial charge is 0.480 e. The Morgan fingerprint density at radius 3 is 1.28 bits per heavy atom. The van der Waals surface area contributed by atoms with Crippen LogP contribution in [0.3, 0.4) is 0 Å². The van der Waals surface area contributed by atoms with Crippen LogP contribution < -0.4 is 92.9 Å². The van der Waals surface area contributed by atoms with E-state index in [0.29, 0.717) is 72.5 Å². The number of hydrogen-bond acceptors (Lipinski definition) is 19. The van der Waals surface area contributed by atoms with Crippen molar-refractivity contribution in [2.45, 2.75) is 190 Å². The Bertz CT molecular complexity index is 3910. The number of aliphatic carboxylic acids is 1. The number of aliphatic hydroxyl groups excluding tert-OH is 1. The molecule has 0 unspecified atom stereocenters. The fourth-order valence-electron chi connectivity index (χ4n) is 12.0. The Morgan fingerprint density at radius 2 is 0.789 bits per heavy atom. The molecule has 33 heteroatoms. The molecule has 0 aliphatic carbocycles. The lowest BCUT2D eigenvalue weighted by atomic mass is 9.97. The number of carbonyl (C=O) groups excluding carboxylic acids is 13. The quantitative estimate of drug-likeness (QED) is 0.0187. The van der Waals surface area contributed by atoms with Crippen molar-refractivity contribution in [1.82, 2.24) is 58.5 Å². The number of hydrogen-bond donors (Lipinski definition) is 19. The van der Waals surface area contributed by atoms with Crippen LogP contribution in [0, 0.1) is 5.92 Å². The van der Waals surface area contributed by atoms with Crippen LogP contribution in [-0.2, 0) is 86.4 Å². The van der Waals surface area contributed by atoms with E-state index in [0.717, 1.165) is 10.8 Å². The predicted molar refractivity (Wildman–Crippen MR) is 407 cm³/mol. The number of fused-ring (bicyclic) bond motifs is 2. The van der Waals surface area contributed by atoms with Gasteiger partial charge in [0.1, 0.15) is 60.4 Å². The zero-order valence-electron chi connectivity index (χ0n) is 61.8. The smallest absolute Gasteiger partial charge is 0.328 e. The number of unbranched alkanes of at least 4 members (excludes halogenated alkanes) is 3. The SMILES string of the molecule is CC(C)C[C@H](NC(=O)[C@@H](N)CCCCN)C(=O)N[C@@H](Cc1ccccc1)C(=O)N[C@@H](CC(N)=O)C(=O)N[C@@H](Cc1cccc2ccccc12)C(=O)N[C@@H](CCC(N)=O)C(=O)N[C@@H](C)C(=O)N[C@@H](CCCCN)C(=O)N[C@@H](Cc1cccc2ccccc12)C(=O)N[C@@H](CCCCN)C(=O)NCC(=O)N[C@@H](CO)C(=O)O. The Balaban J connectivity index is 1.43. The first kappa shape index (κ1) is 88.6. The van der Waals surface area contributed by atoms with Crippen molar-refractivity contribution >= 4 is 104 Å². The lowest BCUT2D eigenvalue weighted by Gasteiger charge is -2.28. The fraction of sp³-hybridized carbons (Fsp3) is 0.474. The number of carboxylic acids is 1. The summed E-state index contributed by atoms with van der Waals surface area (Å²) in [5.74, 6) is -13.7. The average Bonchev–Trinajstić information content (AvgIpc) is 0.821. The van der Waals surface area contributed by atoms with Gasteiger partial charge in [-0.15, -0.1) is 0 Å². The van der Waals surface area contributed by atoms with Gasteiger partial charge in [0.2, 0.25) is 76.8 Å². The van der Waals surface area contributed by atoms with Crippen molar-refractivity contribution in [1.29, 1.82) is 0 Å². The Hall–Kier alpha value is -11.0. The van der Waals surface area contributed by atoms with E-state index in [1.165, 1.54) is 6.92 Å². The predicted octanol–water partition coefficient (Wildman–Crippen LogP) is -2.02. The second kappa shape index (κ2) is 46.3. The van der Waals surface area contributed by atoms with Gasteiger partial charge in [-0.3, -0.25) is 62.3 Å². The molecule has 0 fully saturated rings. The first-order valence-electron chi connectivity index (χ1n) is 36.6. The Morgan fingerprint density at radius 1 is 0.385 bits per heavy atom.